The van der Waals surface area contributed by atoms with Crippen molar-refractivity contribution in [2.45, 2.75) is 64.1 Å². The number of hydrogen-bond donors (Lipinski definition) is 1. The zero-order valence-corrected chi connectivity index (χ0v) is 12.4. The molecule has 2 atom stereocenters. The lowest BCUT2D eigenvalue weighted by Gasteiger charge is -2.25. The second-order valence-corrected chi connectivity index (χ2v) is 6.57. The van der Waals surface area contributed by atoms with E-state index in [-0.39, 0.29) is 11.5 Å². The van der Waals surface area contributed by atoms with E-state index in [1.807, 2.05) is 6.07 Å². The van der Waals surface area contributed by atoms with Gasteiger partial charge in [-0.15, -0.1) is 0 Å². The molecule has 1 aliphatic heterocycles. The SMILES string of the molecule is CC(C)(C)c1ccccc1C(O)CCC1CCCO1. The van der Waals surface area contributed by atoms with Crippen LogP contribution in [0.3, 0.4) is 0 Å². The zero-order valence-electron chi connectivity index (χ0n) is 12.4. The van der Waals surface area contributed by atoms with Gasteiger partial charge in [-0.25, -0.2) is 0 Å². The molecule has 1 saturated heterocycles. The van der Waals surface area contributed by atoms with E-state index in [0.717, 1.165) is 31.4 Å². The topological polar surface area (TPSA) is 29.5 Å². The second-order valence-electron chi connectivity index (χ2n) is 6.57. The Bertz CT molecular complexity index is 400. The fourth-order valence-electron chi connectivity index (χ4n) is 2.84. The number of benzene rings is 1. The van der Waals surface area contributed by atoms with Gasteiger partial charge in [0.25, 0.3) is 0 Å². The zero-order chi connectivity index (χ0) is 13.9. The fraction of sp³-hybridized carbons (Fsp3) is 0.647. The summed E-state index contributed by atoms with van der Waals surface area (Å²) in [7, 11) is 0. The van der Waals surface area contributed by atoms with Crippen LogP contribution in [0.5, 0.6) is 0 Å². The summed E-state index contributed by atoms with van der Waals surface area (Å²) >= 11 is 0. The second kappa shape index (κ2) is 6.06. The molecule has 0 spiro atoms. The molecule has 0 amide bonds. The Balaban J connectivity index is 2.03. The summed E-state index contributed by atoms with van der Waals surface area (Å²) in [5, 5.41) is 10.5. The van der Waals surface area contributed by atoms with Gasteiger partial charge in [-0.3, -0.25) is 0 Å². The molecule has 1 heterocycles. The maximum atomic E-state index is 10.5. The summed E-state index contributed by atoms with van der Waals surface area (Å²) in [6.45, 7) is 7.47. The van der Waals surface area contributed by atoms with Crippen LogP contribution in [0.15, 0.2) is 24.3 Å². The van der Waals surface area contributed by atoms with Gasteiger partial charge in [0, 0.05) is 6.61 Å². The lowest BCUT2D eigenvalue weighted by Crippen LogP contribution is -2.17. The third-order valence-electron chi connectivity index (χ3n) is 3.91. The molecule has 0 aliphatic carbocycles. The van der Waals surface area contributed by atoms with Crippen molar-refractivity contribution in [2.75, 3.05) is 6.61 Å². The molecule has 0 bridgehead atoms. The van der Waals surface area contributed by atoms with Crippen molar-refractivity contribution in [3.05, 3.63) is 35.4 Å². The molecule has 0 saturated carbocycles. The fourth-order valence-corrected chi connectivity index (χ4v) is 2.84. The summed E-state index contributed by atoms with van der Waals surface area (Å²) in [6.07, 6.45) is 4.04. The van der Waals surface area contributed by atoms with Crippen molar-refractivity contribution in [1.82, 2.24) is 0 Å². The molecule has 106 valence electrons. The average molecular weight is 262 g/mol. The van der Waals surface area contributed by atoms with Crippen LogP contribution in [-0.2, 0) is 10.2 Å². The van der Waals surface area contributed by atoms with E-state index < -0.39 is 0 Å². The van der Waals surface area contributed by atoms with E-state index in [9.17, 15) is 5.11 Å². The molecule has 2 heteroatoms. The number of aliphatic hydroxyl groups is 1. The van der Waals surface area contributed by atoms with Crippen LogP contribution >= 0.6 is 0 Å². The Morgan fingerprint density at radius 2 is 2.05 bits per heavy atom. The predicted octanol–water partition coefficient (Wildman–Crippen LogP) is 3.98. The van der Waals surface area contributed by atoms with Gasteiger partial charge >= 0.3 is 0 Å². The highest BCUT2D eigenvalue weighted by molar-refractivity contribution is 5.34. The van der Waals surface area contributed by atoms with Gasteiger partial charge in [-0.1, -0.05) is 45.0 Å². The molecule has 19 heavy (non-hydrogen) atoms. The quantitative estimate of drug-likeness (QED) is 0.889. The van der Waals surface area contributed by atoms with E-state index in [4.69, 9.17) is 4.74 Å². The highest BCUT2D eigenvalue weighted by atomic mass is 16.5. The van der Waals surface area contributed by atoms with Crippen molar-refractivity contribution in [2.24, 2.45) is 0 Å². The van der Waals surface area contributed by atoms with Gasteiger partial charge in [0.05, 0.1) is 12.2 Å². The van der Waals surface area contributed by atoms with Gasteiger partial charge < -0.3 is 9.84 Å². The van der Waals surface area contributed by atoms with Crippen LogP contribution in [0.25, 0.3) is 0 Å². The van der Waals surface area contributed by atoms with Gasteiger partial charge in [0.1, 0.15) is 0 Å². The standard InChI is InChI=1S/C17H26O2/c1-17(2,3)15-9-5-4-8-14(15)16(18)11-10-13-7-6-12-19-13/h4-5,8-9,13,16,18H,6-7,10-12H2,1-3H3. The van der Waals surface area contributed by atoms with Gasteiger partial charge in [0.15, 0.2) is 0 Å². The van der Waals surface area contributed by atoms with Gasteiger partial charge in [-0.05, 0) is 42.2 Å². The lowest BCUT2D eigenvalue weighted by molar-refractivity contribution is 0.0808. The first-order valence-electron chi connectivity index (χ1n) is 7.37. The third-order valence-corrected chi connectivity index (χ3v) is 3.91. The number of rotatable bonds is 4. The van der Waals surface area contributed by atoms with Crippen molar-refractivity contribution >= 4 is 0 Å². The highest BCUT2D eigenvalue weighted by Crippen LogP contribution is 2.32. The minimum atomic E-state index is -0.375. The maximum Gasteiger partial charge on any atom is 0.0793 e. The van der Waals surface area contributed by atoms with E-state index in [2.05, 4.69) is 39.0 Å². The minimum Gasteiger partial charge on any atom is -0.388 e. The predicted molar refractivity (Wildman–Crippen MR) is 78.3 cm³/mol. The summed E-state index contributed by atoms with van der Waals surface area (Å²) in [5.74, 6) is 0. The maximum absolute atomic E-state index is 10.5. The normalized spacial score (nSPS) is 21.6. The summed E-state index contributed by atoms with van der Waals surface area (Å²) < 4.78 is 5.63. The van der Waals surface area contributed by atoms with Crippen molar-refractivity contribution in [3.8, 4) is 0 Å². The Kier molecular flexibility index (Phi) is 4.64. The van der Waals surface area contributed by atoms with Crippen LogP contribution in [0.1, 0.15) is 63.7 Å². The summed E-state index contributed by atoms with van der Waals surface area (Å²) in [5.41, 5.74) is 2.39. The van der Waals surface area contributed by atoms with Crippen molar-refractivity contribution in [1.29, 1.82) is 0 Å². The Hall–Kier alpha value is -0.860. The largest absolute Gasteiger partial charge is 0.388 e. The molecular formula is C17H26O2. The molecule has 2 rings (SSSR count). The molecule has 1 fully saturated rings. The van der Waals surface area contributed by atoms with E-state index in [1.54, 1.807) is 0 Å². The van der Waals surface area contributed by atoms with Crippen LogP contribution in [0.4, 0.5) is 0 Å². The third kappa shape index (κ3) is 3.80. The molecule has 1 N–H and O–H groups in total. The van der Waals surface area contributed by atoms with Crippen LogP contribution in [0, 0.1) is 0 Å². The van der Waals surface area contributed by atoms with Gasteiger partial charge in [-0.2, -0.15) is 0 Å². The monoisotopic (exact) mass is 262 g/mol. The number of hydrogen-bond acceptors (Lipinski definition) is 2. The first kappa shape index (κ1) is 14.5. The van der Waals surface area contributed by atoms with Crippen LogP contribution in [0.2, 0.25) is 0 Å². The molecule has 1 aliphatic rings. The molecule has 1 aromatic rings. The summed E-state index contributed by atoms with van der Waals surface area (Å²) in [4.78, 5) is 0. The highest BCUT2D eigenvalue weighted by Gasteiger charge is 2.23. The molecule has 1 aromatic carbocycles. The molecular weight excluding hydrogens is 236 g/mol. The van der Waals surface area contributed by atoms with Crippen LogP contribution in [-0.4, -0.2) is 17.8 Å². The van der Waals surface area contributed by atoms with E-state index in [1.165, 1.54) is 12.0 Å². The molecule has 2 nitrogen and oxygen atoms in total. The average Bonchev–Trinajstić information content (AvgIpc) is 2.88. The molecule has 0 aromatic heterocycles. The smallest absolute Gasteiger partial charge is 0.0793 e. The van der Waals surface area contributed by atoms with Crippen molar-refractivity contribution < 1.29 is 9.84 Å². The van der Waals surface area contributed by atoms with E-state index in [0.29, 0.717) is 6.10 Å². The van der Waals surface area contributed by atoms with E-state index >= 15 is 0 Å². The Labute approximate surface area is 116 Å². The Morgan fingerprint density at radius 3 is 2.68 bits per heavy atom. The van der Waals surface area contributed by atoms with Gasteiger partial charge in [0.2, 0.25) is 0 Å². The van der Waals surface area contributed by atoms with Crippen molar-refractivity contribution in [3.63, 3.8) is 0 Å². The number of aliphatic hydroxyl groups excluding tert-OH is 1. The summed E-state index contributed by atoms with van der Waals surface area (Å²) in [6, 6.07) is 8.25. The lowest BCUT2D eigenvalue weighted by atomic mass is 9.81. The molecule has 2 unspecified atom stereocenters. The first-order valence-corrected chi connectivity index (χ1v) is 7.37. The number of ether oxygens (including phenoxy) is 1. The Morgan fingerprint density at radius 1 is 1.32 bits per heavy atom. The minimum absolute atomic E-state index is 0.0709. The first-order chi connectivity index (χ1) is 8.98. The van der Waals surface area contributed by atoms with Crippen LogP contribution < -0.4 is 0 Å². The molecule has 0 radical (unpaired) electrons.